The summed E-state index contributed by atoms with van der Waals surface area (Å²) in [4.78, 5) is 28.4. The van der Waals surface area contributed by atoms with E-state index in [4.69, 9.17) is 15.7 Å². The molecule has 0 radical (unpaired) electrons. The number of aliphatic imine (C=N–C) groups is 1. The molecule has 1 heterocycles. The number of rotatable bonds is 3. The maximum atomic E-state index is 11.9. The molecule has 0 aliphatic carbocycles. The van der Waals surface area contributed by atoms with Gasteiger partial charge in [-0.2, -0.15) is 5.10 Å². The van der Waals surface area contributed by atoms with E-state index in [-0.39, 0.29) is 17.8 Å². The molecule has 0 atom stereocenters. The minimum atomic E-state index is -1.22. The first kappa shape index (κ1) is 16.9. The molecule has 8 heteroatoms. The summed E-state index contributed by atoms with van der Waals surface area (Å²) in [6.45, 7) is 6.52. The maximum absolute atomic E-state index is 11.9. The summed E-state index contributed by atoms with van der Waals surface area (Å²) in [5, 5.41) is 11.9. The first-order valence-corrected chi connectivity index (χ1v) is 6.75. The Hall–Kier alpha value is -2.12. The molecule has 0 aromatic rings. The lowest BCUT2D eigenvalue weighted by atomic mass is 10.1. The number of aliphatic carboxylic acids is 1. The average molecular weight is 298 g/mol. The summed E-state index contributed by atoms with van der Waals surface area (Å²) in [6.07, 6.45) is 2.12. The summed E-state index contributed by atoms with van der Waals surface area (Å²) in [5.74, 6) is 3.74. The third kappa shape index (κ3) is 5.80. The zero-order chi connectivity index (χ0) is 16.0. The Bertz CT molecular complexity index is 446. The van der Waals surface area contributed by atoms with Crippen LogP contribution in [0.25, 0.3) is 0 Å². The summed E-state index contributed by atoms with van der Waals surface area (Å²) >= 11 is 0. The highest BCUT2D eigenvalue weighted by atomic mass is 16.6. The monoisotopic (exact) mass is 298 g/mol. The third-order valence-corrected chi connectivity index (χ3v) is 2.88. The Kier molecular flexibility index (Phi) is 5.69. The predicted octanol–water partition coefficient (Wildman–Crippen LogP) is 0.856. The number of nitrogens with two attached hydrogens (primary N) is 1. The lowest BCUT2D eigenvalue weighted by molar-refractivity contribution is -0.129. The van der Waals surface area contributed by atoms with Gasteiger partial charge in [-0.3, -0.25) is 4.99 Å². The highest BCUT2D eigenvalue weighted by Crippen LogP contribution is 2.17. The van der Waals surface area contributed by atoms with Gasteiger partial charge < -0.3 is 20.6 Å². The van der Waals surface area contributed by atoms with E-state index in [9.17, 15) is 9.59 Å². The standard InChI is InChI=1S/C13H22N4O4/c1-13(2,3)21-12(20)17-6-4-9(5-7-17)15-8-10(16-14)11(18)19/h8-9H,4-7,14H2,1-3H3,(H,18,19)/b15-8?,16-10+. The van der Waals surface area contributed by atoms with E-state index in [1.165, 1.54) is 0 Å². The van der Waals surface area contributed by atoms with Crippen LogP contribution in [0.1, 0.15) is 33.6 Å². The van der Waals surface area contributed by atoms with Gasteiger partial charge in [0, 0.05) is 13.1 Å². The van der Waals surface area contributed by atoms with Crippen molar-refractivity contribution >= 4 is 24.0 Å². The van der Waals surface area contributed by atoms with Crippen molar-refractivity contribution in [3.05, 3.63) is 0 Å². The number of ether oxygens (including phenoxy) is 1. The van der Waals surface area contributed by atoms with E-state index in [2.05, 4.69) is 10.1 Å². The Balaban J connectivity index is 2.47. The Labute approximate surface area is 123 Å². The second-order valence-electron chi connectivity index (χ2n) is 5.80. The van der Waals surface area contributed by atoms with Crippen molar-refractivity contribution in [2.45, 2.75) is 45.3 Å². The Morgan fingerprint density at radius 2 is 1.90 bits per heavy atom. The first-order chi connectivity index (χ1) is 9.73. The van der Waals surface area contributed by atoms with E-state index < -0.39 is 11.6 Å². The maximum Gasteiger partial charge on any atom is 0.410 e. The number of nitrogens with zero attached hydrogens (tertiary/aromatic N) is 3. The highest BCUT2D eigenvalue weighted by Gasteiger charge is 2.26. The largest absolute Gasteiger partial charge is 0.476 e. The predicted molar refractivity (Wildman–Crippen MR) is 78.6 cm³/mol. The number of hydrogen-bond donors (Lipinski definition) is 2. The quantitative estimate of drug-likeness (QED) is 0.455. The molecule has 8 nitrogen and oxygen atoms in total. The molecule has 118 valence electrons. The first-order valence-electron chi connectivity index (χ1n) is 6.75. The SMILES string of the molecule is CC(C)(C)OC(=O)N1CCC(N=C/C(=N\N)C(=O)O)CC1. The Morgan fingerprint density at radius 1 is 1.33 bits per heavy atom. The number of amides is 1. The summed E-state index contributed by atoms with van der Waals surface area (Å²) in [7, 11) is 0. The molecule has 1 amide bonds. The molecular formula is C13H22N4O4. The topological polar surface area (TPSA) is 118 Å². The van der Waals surface area contributed by atoms with Gasteiger partial charge in [-0.05, 0) is 33.6 Å². The fourth-order valence-corrected chi connectivity index (χ4v) is 1.84. The zero-order valence-corrected chi connectivity index (χ0v) is 12.6. The van der Waals surface area contributed by atoms with Crippen LogP contribution >= 0.6 is 0 Å². The molecule has 0 aromatic heterocycles. The van der Waals surface area contributed by atoms with Crippen molar-refractivity contribution in [3.8, 4) is 0 Å². The number of likely N-dealkylation sites (tertiary alicyclic amines) is 1. The second kappa shape index (κ2) is 7.05. The van der Waals surface area contributed by atoms with Crippen LogP contribution in [0.5, 0.6) is 0 Å². The van der Waals surface area contributed by atoms with Gasteiger partial charge in [-0.1, -0.05) is 0 Å². The van der Waals surface area contributed by atoms with Crippen LogP contribution in [0, 0.1) is 0 Å². The number of carbonyl (C=O) groups is 2. The van der Waals surface area contributed by atoms with Gasteiger partial charge in [-0.15, -0.1) is 0 Å². The normalized spacial score (nSPS) is 18.0. The number of hydrazone groups is 1. The second-order valence-corrected chi connectivity index (χ2v) is 5.80. The number of piperidine rings is 1. The third-order valence-electron chi connectivity index (χ3n) is 2.88. The van der Waals surface area contributed by atoms with E-state index in [1.54, 1.807) is 4.90 Å². The van der Waals surface area contributed by atoms with Crippen molar-refractivity contribution in [1.82, 2.24) is 4.90 Å². The molecule has 1 aliphatic rings. The van der Waals surface area contributed by atoms with Crippen molar-refractivity contribution in [2.75, 3.05) is 13.1 Å². The van der Waals surface area contributed by atoms with Crippen LogP contribution in [-0.2, 0) is 9.53 Å². The Morgan fingerprint density at radius 3 is 2.33 bits per heavy atom. The molecule has 1 aliphatic heterocycles. The van der Waals surface area contributed by atoms with Crippen LogP contribution in [0.2, 0.25) is 0 Å². The molecule has 21 heavy (non-hydrogen) atoms. The zero-order valence-electron chi connectivity index (χ0n) is 12.6. The molecule has 0 unspecified atom stereocenters. The van der Waals surface area contributed by atoms with Crippen LogP contribution in [0.4, 0.5) is 4.79 Å². The van der Waals surface area contributed by atoms with E-state index in [1.807, 2.05) is 20.8 Å². The van der Waals surface area contributed by atoms with Gasteiger partial charge in [-0.25, -0.2) is 9.59 Å². The molecule has 0 saturated carbocycles. The highest BCUT2D eigenvalue weighted by molar-refractivity contribution is 6.58. The number of carboxylic acids is 1. The molecule has 1 saturated heterocycles. The van der Waals surface area contributed by atoms with Crippen molar-refractivity contribution in [1.29, 1.82) is 0 Å². The van der Waals surface area contributed by atoms with Crippen LogP contribution in [0.15, 0.2) is 10.1 Å². The van der Waals surface area contributed by atoms with Crippen molar-refractivity contribution in [3.63, 3.8) is 0 Å². The smallest absolute Gasteiger partial charge is 0.410 e. The fourth-order valence-electron chi connectivity index (χ4n) is 1.84. The summed E-state index contributed by atoms with van der Waals surface area (Å²) in [6, 6.07) is -0.0419. The van der Waals surface area contributed by atoms with Crippen molar-refractivity contribution in [2.24, 2.45) is 15.9 Å². The molecule has 0 spiro atoms. The summed E-state index contributed by atoms with van der Waals surface area (Å²) in [5.41, 5.74) is -0.801. The minimum Gasteiger partial charge on any atom is -0.476 e. The number of carboxylic acid groups (broad SMARTS) is 1. The van der Waals surface area contributed by atoms with E-state index >= 15 is 0 Å². The van der Waals surface area contributed by atoms with Crippen molar-refractivity contribution < 1.29 is 19.4 Å². The molecule has 1 fully saturated rings. The van der Waals surface area contributed by atoms with Gasteiger partial charge in [0.25, 0.3) is 0 Å². The van der Waals surface area contributed by atoms with Gasteiger partial charge >= 0.3 is 12.1 Å². The molecule has 0 bridgehead atoms. The summed E-state index contributed by atoms with van der Waals surface area (Å²) < 4.78 is 5.29. The van der Waals surface area contributed by atoms with Gasteiger partial charge in [0.05, 0.1) is 12.3 Å². The minimum absolute atomic E-state index is 0.0419. The van der Waals surface area contributed by atoms with Crippen LogP contribution < -0.4 is 5.84 Å². The lowest BCUT2D eigenvalue weighted by Crippen LogP contribution is -2.42. The van der Waals surface area contributed by atoms with E-state index in [0.29, 0.717) is 25.9 Å². The lowest BCUT2D eigenvalue weighted by Gasteiger charge is -2.32. The van der Waals surface area contributed by atoms with Crippen LogP contribution in [0.3, 0.4) is 0 Å². The number of carbonyl (C=O) groups excluding carboxylic acids is 1. The molecule has 1 rings (SSSR count). The number of hydrogen-bond acceptors (Lipinski definition) is 6. The average Bonchev–Trinajstić information content (AvgIpc) is 2.37. The van der Waals surface area contributed by atoms with Gasteiger partial charge in [0.15, 0.2) is 5.71 Å². The van der Waals surface area contributed by atoms with Crippen LogP contribution in [-0.4, -0.2) is 58.7 Å². The molecule has 3 N–H and O–H groups in total. The molecule has 0 aromatic carbocycles. The van der Waals surface area contributed by atoms with Gasteiger partial charge in [0.1, 0.15) is 5.60 Å². The fraction of sp³-hybridized carbons (Fsp3) is 0.692. The van der Waals surface area contributed by atoms with Gasteiger partial charge in [0.2, 0.25) is 0 Å². The molecular weight excluding hydrogens is 276 g/mol. The van der Waals surface area contributed by atoms with E-state index in [0.717, 1.165) is 6.21 Å².